The summed E-state index contributed by atoms with van der Waals surface area (Å²) in [5.74, 6) is 0. The summed E-state index contributed by atoms with van der Waals surface area (Å²) in [6, 6.07) is 10.3. The average Bonchev–Trinajstić information content (AvgIpc) is 3.04. The van der Waals surface area contributed by atoms with Gasteiger partial charge in [-0.2, -0.15) is 26.3 Å². The zero-order valence-electron chi connectivity index (χ0n) is 12.3. The van der Waals surface area contributed by atoms with Gasteiger partial charge in [-0.15, -0.1) is 11.3 Å². The van der Waals surface area contributed by atoms with Crippen molar-refractivity contribution >= 4 is 11.3 Å². The summed E-state index contributed by atoms with van der Waals surface area (Å²) in [6.45, 7) is 0. The van der Waals surface area contributed by atoms with Gasteiger partial charge in [0.15, 0.2) is 0 Å². The minimum absolute atomic E-state index is 0.0930. The molecule has 0 amide bonds. The van der Waals surface area contributed by atoms with Crippen LogP contribution in [0.5, 0.6) is 0 Å². The molecule has 8 heteroatoms. The Morgan fingerprint density at radius 3 is 1.80 bits per heavy atom. The van der Waals surface area contributed by atoms with Crippen LogP contribution in [0, 0.1) is 0 Å². The van der Waals surface area contributed by atoms with Crippen molar-refractivity contribution in [3.8, 4) is 21.8 Å². The first kappa shape index (κ1) is 17.5. The number of thiazole rings is 1. The van der Waals surface area contributed by atoms with Gasteiger partial charge in [0.1, 0.15) is 5.01 Å². The van der Waals surface area contributed by atoms with E-state index in [0.717, 1.165) is 16.9 Å². The zero-order valence-corrected chi connectivity index (χ0v) is 13.1. The quantitative estimate of drug-likeness (QED) is 0.466. The van der Waals surface area contributed by atoms with E-state index in [0.29, 0.717) is 17.8 Å². The Hall–Kier alpha value is -2.35. The molecule has 0 aliphatic rings. The first-order valence-corrected chi connectivity index (χ1v) is 7.83. The number of nitrogens with zero attached hydrogens (tertiary/aromatic N) is 1. The minimum atomic E-state index is -4.88. The predicted octanol–water partition coefficient (Wildman–Crippen LogP) is 6.51. The number of hydrogen-bond donors (Lipinski definition) is 0. The van der Waals surface area contributed by atoms with Crippen molar-refractivity contribution in [2.75, 3.05) is 0 Å². The Bertz CT molecular complexity index is 848. The normalized spacial score (nSPS) is 12.4. The molecule has 3 rings (SSSR count). The van der Waals surface area contributed by atoms with Gasteiger partial charge in [0.25, 0.3) is 0 Å². The molecular weight excluding hydrogens is 364 g/mol. The number of alkyl halides is 6. The van der Waals surface area contributed by atoms with Crippen LogP contribution in [-0.4, -0.2) is 4.98 Å². The van der Waals surface area contributed by atoms with Gasteiger partial charge < -0.3 is 0 Å². The van der Waals surface area contributed by atoms with Gasteiger partial charge in [-0.25, -0.2) is 4.98 Å². The lowest BCUT2D eigenvalue weighted by Gasteiger charge is -2.13. The third-order valence-corrected chi connectivity index (χ3v) is 4.30. The highest BCUT2D eigenvalue weighted by Crippen LogP contribution is 2.39. The molecule has 0 N–H and O–H groups in total. The van der Waals surface area contributed by atoms with Crippen molar-refractivity contribution in [3.63, 3.8) is 0 Å². The Labute approximate surface area is 142 Å². The van der Waals surface area contributed by atoms with E-state index in [1.54, 1.807) is 35.7 Å². The van der Waals surface area contributed by atoms with E-state index >= 15 is 0 Å². The van der Waals surface area contributed by atoms with Crippen LogP contribution in [0.1, 0.15) is 11.1 Å². The monoisotopic (exact) mass is 373 g/mol. The van der Waals surface area contributed by atoms with Crippen molar-refractivity contribution in [3.05, 3.63) is 65.0 Å². The Morgan fingerprint density at radius 2 is 1.28 bits per heavy atom. The highest BCUT2D eigenvalue weighted by molar-refractivity contribution is 7.13. The number of benzene rings is 2. The fraction of sp³-hybridized carbons (Fsp3) is 0.118. The lowest BCUT2D eigenvalue weighted by molar-refractivity contribution is -0.143. The summed E-state index contributed by atoms with van der Waals surface area (Å²) in [5, 5.41) is 1.69. The second-order valence-corrected chi connectivity index (χ2v) is 6.06. The van der Waals surface area contributed by atoms with Crippen LogP contribution < -0.4 is 0 Å². The summed E-state index contributed by atoms with van der Waals surface area (Å²) in [4.78, 5) is 4.18. The summed E-state index contributed by atoms with van der Waals surface area (Å²) >= 11 is 0.990. The number of halogens is 6. The van der Waals surface area contributed by atoms with Crippen LogP contribution in [0.25, 0.3) is 21.8 Å². The number of hydrogen-bond acceptors (Lipinski definition) is 2. The second kappa shape index (κ2) is 6.18. The van der Waals surface area contributed by atoms with Gasteiger partial charge in [-0.1, -0.05) is 30.3 Å². The van der Waals surface area contributed by atoms with E-state index in [-0.39, 0.29) is 16.6 Å². The zero-order chi connectivity index (χ0) is 18.2. The molecule has 2 aromatic carbocycles. The Balaban J connectivity index is 2.09. The lowest BCUT2D eigenvalue weighted by atomic mass is 10.0. The van der Waals surface area contributed by atoms with Crippen molar-refractivity contribution < 1.29 is 26.3 Å². The van der Waals surface area contributed by atoms with Crippen LogP contribution in [0.2, 0.25) is 0 Å². The van der Waals surface area contributed by atoms with Gasteiger partial charge >= 0.3 is 12.4 Å². The van der Waals surface area contributed by atoms with Gasteiger partial charge in [0.05, 0.1) is 16.8 Å². The molecule has 0 aliphatic heterocycles. The molecule has 1 nitrogen and oxygen atoms in total. The molecule has 1 aromatic heterocycles. The molecule has 1 heterocycles. The Morgan fingerprint density at radius 1 is 0.720 bits per heavy atom. The highest BCUT2D eigenvalue weighted by Gasteiger charge is 2.37. The molecule has 0 fully saturated rings. The van der Waals surface area contributed by atoms with Crippen LogP contribution in [0.4, 0.5) is 26.3 Å². The molecule has 3 aromatic rings. The summed E-state index contributed by atoms with van der Waals surface area (Å²) < 4.78 is 77.6. The van der Waals surface area contributed by atoms with Crippen molar-refractivity contribution in [2.24, 2.45) is 0 Å². The van der Waals surface area contributed by atoms with Gasteiger partial charge in [-0.05, 0) is 18.2 Å². The second-order valence-electron chi connectivity index (χ2n) is 5.20. The van der Waals surface area contributed by atoms with E-state index in [1.165, 1.54) is 0 Å². The average molecular weight is 373 g/mol. The molecule has 0 atom stereocenters. The van der Waals surface area contributed by atoms with Crippen molar-refractivity contribution in [1.29, 1.82) is 0 Å². The molecule has 0 aliphatic carbocycles. The van der Waals surface area contributed by atoms with E-state index < -0.39 is 23.5 Å². The minimum Gasteiger partial charge on any atom is -0.236 e. The molecule has 0 unspecified atom stereocenters. The van der Waals surface area contributed by atoms with E-state index in [9.17, 15) is 26.3 Å². The SMILES string of the molecule is FC(F)(F)c1cc(-c2nc(-c3ccccc3)cs2)cc(C(F)(F)F)c1. The van der Waals surface area contributed by atoms with Gasteiger partial charge in [-0.3, -0.25) is 0 Å². The largest absolute Gasteiger partial charge is 0.416 e. The molecule has 0 spiro atoms. The molecule has 0 bridgehead atoms. The topological polar surface area (TPSA) is 12.9 Å². The van der Waals surface area contributed by atoms with E-state index in [2.05, 4.69) is 4.98 Å². The van der Waals surface area contributed by atoms with Crippen LogP contribution in [0.15, 0.2) is 53.9 Å². The lowest BCUT2D eigenvalue weighted by Crippen LogP contribution is -2.11. The first-order valence-electron chi connectivity index (χ1n) is 6.95. The molecule has 25 heavy (non-hydrogen) atoms. The molecule has 0 saturated carbocycles. The standard InChI is InChI=1S/C17H9F6NS/c18-16(19,20)12-6-11(7-13(8-12)17(21,22)23)15-24-14(9-25-15)10-4-2-1-3-5-10/h1-9H. The van der Waals surface area contributed by atoms with Crippen LogP contribution in [-0.2, 0) is 12.4 Å². The molecular formula is C17H9F6NS. The maximum absolute atomic E-state index is 12.9. The van der Waals surface area contributed by atoms with E-state index in [1.807, 2.05) is 0 Å². The van der Waals surface area contributed by atoms with Gasteiger partial charge in [0, 0.05) is 16.5 Å². The molecule has 0 radical (unpaired) electrons. The van der Waals surface area contributed by atoms with Crippen LogP contribution >= 0.6 is 11.3 Å². The molecule has 0 saturated heterocycles. The third kappa shape index (κ3) is 3.84. The van der Waals surface area contributed by atoms with Gasteiger partial charge in [0.2, 0.25) is 0 Å². The fourth-order valence-electron chi connectivity index (χ4n) is 2.23. The first-order chi connectivity index (χ1) is 11.6. The smallest absolute Gasteiger partial charge is 0.236 e. The van der Waals surface area contributed by atoms with Crippen LogP contribution in [0.3, 0.4) is 0 Å². The maximum Gasteiger partial charge on any atom is 0.416 e. The van der Waals surface area contributed by atoms with Crippen molar-refractivity contribution in [2.45, 2.75) is 12.4 Å². The maximum atomic E-state index is 12.9. The molecule has 130 valence electrons. The number of aromatic nitrogens is 1. The summed E-state index contributed by atoms with van der Waals surface area (Å²) in [5.41, 5.74) is -1.70. The summed E-state index contributed by atoms with van der Waals surface area (Å²) in [6.07, 6.45) is -9.76. The number of rotatable bonds is 2. The third-order valence-electron chi connectivity index (χ3n) is 3.41. The fourth-order valence-corrected chi connectivity index (χ4v) is 3.04. The van der Waals surface area contributed by atoms with E-state index in [4.69, 9.17) is 0 Å². The Kier molecular flexibility index (Phi) is 4.32. The highest BCUT2D eigenvalue weighted by atomic mass is 32.1. The van der Waals surface area contributed by atoms with Crippen molar-refractivity contribution in [1.82, 2.24) is 4.98 Å². The summed E-state index contributed by atoms with van der Waals surface area (Å²) in [7, 11) is 0. The predicted molar refractivity (Wildman–Crippen MR) is 83.0 cm³/mol.